The molecule has 0 unspecified atom stereocenters. The van der Waals surface area contributed by atoms with Gasteiger partial charge >= 0.3 is 6.03 Å². The summed E-state index contributed by atoms with van der Waals surface area (Å²) in [4.78, 5) is 12.0. The Balaban J connectivity index is 1.77. The largest absolute Gasteiger partial charge is 0.338 e. The average Bonchev–Trinajstić information content (AvgIpc) is 2.90. The molecule has 0 aromatic carbocycles. The highest BCUT2D eigenvalue weighted by molar-refractivity contribution is 7.99. The Hall–Kier alpha value is -1.17. The van der Waals surface area contributed by atoms with Gasteiger partial charge in [-0.3, -0.25) is 4.68 Å². The topological polar surface area (TPSA) is 59.0 Å². The van der Waals surface area contributed by atoms with E-state index in [9.17, 15) is 4.79 Å². The maximum absolute atomic E-state index is 12.0. The molecule has 0 radical (unpaired) electrons. The molecular weight excluding hydrogens is 296 g/mol. The van der Waals surface area contributed by atoms with Crippen LogP contribution < -0.4 is 10.6 Å². The molecule has 0 fully saturated rings. The molecule has 2 N–H and O–H groups in total. The number of hydrogen-bond donors (Lipinski definition) is 2. The van der Waals surface area contributed by atoms with Crippen LogP contribution in [0.25, 0.3) is 0 Å². The molecule has 22 heavy (non-hydrogen) atoms. The standard InChI is InChI=1S/C16H28N4OS/c1-4-22-9-5-8-17-16(21)19-14-7-6-13-11-18-20(12(2)3)15(13)10-14/h11-12,14H,4-10H2,1-3H3,(H2,17,19,21)/t14-/m1/s1. The van der Waals surface area contributed by atoms with Gasteiger partial charge in [0.2, 0.25) is 0 Å². The zero-order valence-electron chi connectivity index (χ0n) is 13.9. The van der Waals surface area contributed by atoms with E-state index in [0.29, 0.717) is 6.04 Å². The van der Waals surface area contributed by atoms with Crippen molar-refractivity contribution in [3.63, 3.8) is 0 Å². The Morgan fingerprint density at radius 2 is 2.36 bits per heavy atom. The van der Waals surface area contributed by atoms with E-state index in [1.165, 1.54) is 11.3 Å². The third-order valence-electron chi connectivity index (χ3n) is 3.97. The number of hydrogen-bond acceptors (Lipinski definition) is 3. The first-order valence-electron chi connectivity index (χ1n) is 8.29. The van der Waals surface area contributed by atoms with Crippen LogP contribution in [0.15, 0.2) is 6.20 Å². The Morgan fingerprint density at radius 1 is 1.55 bits per heavy atom. The molecule has 6 heteroatoms. The first kappa shape index (κ1) is 17.2. The average molecular weight is 324 g/mol. The molecule has 124 valence electrons. The van der Waals surface area contributed by atoms with Crippen molar-refractivity contribution in [2.75, 3.05) is 18.1 Å². The number of rotatable bonds is 7. The van der Waals surface area contributed by atoms with Gasteiger partial charge in [0.05, 0.1) is 6.20 Å². The van der Waals surface area contributed by atoms with Gasteiger partial charge in [-0.05, 0) is 50.2 Å². The molecule has 1 aliphatic carbocycles. The van der Waals surface area contributed by atoms with Crippen molar-refractivity contribution >= 4 is 17.8 Å². The summed E-state index contributed by atoms with van der Waals surface area (Å²) in [5, 5.41) is 10.5. The van der Waals surface area contributed by atoms with Crippen LogP contribution in [0.1, 0.15) is 50.9 Å². The zero-order valence-corrected chi connectivity index (χ0v) is 14.7. The fourth-order valence-electron chi connectivity index (χ4n) is 2.85. The van der Waals surface area contributed by atoms with Gasteiger partial charge in [-0.15, -0.1) is 0 Å². The second-order valence-electron chi connectivity index (χ2n) is 6.05. The fourth-order valence-corrected chi connectivity index (χ4v) is 3.48. The van der Waals surface area contributed by atoms with Crippen molar-refractivity contribution < 1.29 is 4.79 Å². The summed E-state index contributed by atoms with van der Waals surface area (Å²) in [6.45, 7) is 7.20. The first-order valence-corrected chi connectivity index (χ1v) is 9.44. The van der Waals surface area contributed by atoms with E-state index in [1.54, 1.807) is 0 Å². The Kier molecular flexibility index (Phi) is 6.61. The van der Waals surface area contributed by atoms with Crippen molar-refractivity contribution in [1.82, 2.24) is 20.4 Å². The van der Waals surface area contributed by atoms with E-state index in [2.05, 4.69) is 41.2 Å². The smallest absolute Gasteiger partial charge is 0.315 e. The number of amides is 2. The van der Waals surface area contributed by atoms with Crippen LogP contribution in [-0.2, 0) is 12.8 Å². The lowest BCUT2D eigenvalue weighted by Gasteiger charge is -2.25. The van der Waals surface area contributed by atoms with Crippen LogP contribution in [0.5, 0.6) is 0 Å². The van der Waals surface area contributed by atoms with Crippen LogP contribution in [-0.4, -0.2) is 39.9 Å². The second-order valence-corrected chi connectivity index (χ2v) is 7.44. The number of urea groups is 1. The van der Waals surface area contributed by atoms with Crippen molar-refractivity contribution in [1.29, 1.82) is 0 Å². The number of nitrogens with zero attached hydrogens (tertiary/aromatic N) is 2. The first-order chi connectivity index (χ1) is 10.6. The van der Waals surface area contributed by atoms with Gasteiger partial charge in [0.15, 0.2) is 0 Å². The van der Waals surface area contributed by atoms with Gasteiger partial charge in [0.1, 0.15) is 0 Å². The molecule has 0 saturated carbocycles. The molecule has 0 aliphatic heterocycles. The summed E-state index contributed by atoms with van der Waals surface area (Å²) in [7, 11) is 0. The van der Waals surface area contributed by atoms with E-state index in [-0.39, 0.29) is 12.1 Å². The predicted molar refractivity (Wildman–Crippen MR) is 92.6 cm³/mol. The summed E-state index contributed by atoms with van der Waals surface area (Å²) in [5.74, 6) is 2.25. The highest BCUT2D eigenvalue weighted by atomic mass is 32.2. The molecule has 1 atom stereocenters. The summed E-state index contributed by atoms with van der Waals surface area (Å²) in [6, 6.07) is 0.546. The Labute approximate surface area is 137 Å². The van der Waals surface area contributed by atoms with Gasteiger partial charge in [-0.25, -0.2) is 4.79 Å². The van der Waals surface area contributed by atoms with E-state index in [0.717, 1.165) is 43.7 Å². The quantitative estimate of drug-likeness (QED) is 0.758. The van der Waals surface area contributed by atoms with Gasteiger partial charge in [-0.1, -0.05) is 6.92 Å². The molecule has 2 rings (SSSR count). The lowest BCUT2D eigenvalue weighted by molar-refractivity contribution is 0.235. The van der Waals surface area contributed by atoms with Gasteiger partial charge in [0.25, 0.3) is 0 Å². The summed E-state index contributed by atoms with van der Waals surface area (Å²) >= 11 is 1.91. The number of nitrogens with one attached hydrogen (secondary N) is 2. The zero-order chi connectivity index (χ0) is 15.9. The van der Waals surface area contributed by atoms with Gasteiger partial charge < -0.3 is 10.6 Å². The minimum Gasteiger partial charge on any atom is -0.338 e. The molecule has 1 aromatic rings. The third kappa shape index (κ3) is 4.66. The van der Waals surface area contributed by atoms with Gasteiger partial charge in [-0.2, -0.15) is 16.9 Å². The molecular formula is C16H28N4OS. The van der Waals surface area contributed by atoms with Gasteiger partial charge in [0, 0.05) is 30.7 Å². The number of aromatic nitrogens is 2. The van der Waals surface area contributed by atoms with Crippen molar-refractivity contribution in [2.45, 2.75) is 58.5 Å². The molecule has 0 bridgehead atoms. The second kappa shape index (κ2) is 8.46. The highest BCUT2D eigenvalue weighted by Crippen LogP contribution is 2.23. The number of carbonyl (C=O) groups is 1. The maximum atomic E-state index is 12.0. The monoisotopic (exact) mass is 324 g/mol. The Bertz CT molecular complexity index is 486. The normalized spacial score (nSPS) is 17.4. The lowest BCUT2D eigenvalue weighted by Crippen LogP contribution is -2.45. The van der Waals surface area contributed by atoms with Crippen LogP contribution >= 0.6 is 11.8 Å². The van der Waals surface area contributed by atoms with Crippen LogP contribution in [0.2, 0.25) is 0 Å². The summed E-state index contributed by atoms with van der Waals surface area (Å²) < 4.78 is 2.09. The summed E-state index contributed by atoms with van der Waals surface area (Å²) in [5.41, 5.74) is 2.62. The minimum absolute atomic E-state index is 0.0365. The molecule has 5 nitrogen and oxygen atoms in total. The van der Waals surface area contributed by atoms with Crippen molar-refractivity contribution in [3.8, 4) is 0 Å². The molecule has 0 spiro atoms. The number of aryl methyl sites for hydroxylation is 1. The van der Waals surface area contributed by atoms with Crippen molar-refractivity contribution in [3.05, 3.63) is 17.5 Å². The minimum atomic E-state index is -0.0365. The number of fused-ring (bicyclic) bond motifs is 1. The number of carbonyl (C=O) groups excluding carboxylic acids is 1. The highest BCUT2D eigenvalue weighted by Gasteiger charge is 2.24. The Morgan fingerprint density at radius 3 is 3.09 bits per heavy atom. The molecule has 2 amide bonds. The molecule has 1 heterocycles. The van der Waals surface area contributed by atoms with Crippen molar-refractivity contribution in [2.24, 2.45) is 0 Å². The van der Waals surface area contributed by atoms with E-state index >= 15 is 0 Å². The SMILES string of the molecule is CCSCCCNC(=O)N[C@@H]1CCc2cnn(C(C)C)c2C1. The van der Waals surface area contributed by atoms with Crippen LogP contribution in [0.4, 0.5) is 4.79 Å². The molecule has 0 saturated heterocycles. The third-order valence-corrected chi connectivity index (χ3v) is 4.95. The lowest BCUT2D eigenvalue weighted by atomic mass is 9.93. The van der Waals surface area contributed by atoms with E-state index in [1.807, 2.05) is 18.0 Å². The van der Waals surface area contributed by atoms with Crippen LogP contribution in [0.3, 0.4) is 0 Å². The summed E-state index contributed by atoms with van der Waals surface area (Å²) in [6.07, 6.45) is 5.89. The van der Waals surface area contributed by atoms with E-state index < -0.39 is 0 Å². The number of thioether (sulfide) groups is 1. The maximum Gasteiger partial charge on any atom is 0.315 e. The molecule has 1 aliphatic rings. The van der Waals surface area contributed by atoms with Crippen LogP contribution in [0, 0.1) is 0 Å². The fraction of sp³-hybridized carbons (Fsp3) is 0.750. The molecule has 1 aromatic heterocycles. The van der Waals surface area contributed by atoms with E-state index in [4.69, 9.17) is 0 Å². The predicted octanol–water partition coefficient (Wildman–Crippen LogP) is 2.76.